The van der Waals surface area contributed by atoms with Crippen LogP contribution in [0.15, 0.2) is 18.2 Å². The van der Waals surface area contributed by atoms with Crippen LogP contribution in [-0.2, 0) is 0 Å². The summed E-state index contributed by atoms with van der Waals surface area (Å²) in [6.45, 7) is 3.46. The number of amides is 1. The molecule has 0 aliphatic rings. The molecule has 0 saturated carbocycles. The molecule has 0 aliphatic heterocycles. The second-order valence-corrected chi connectivity index (χ2v) is 5.96. The van der Waals surface area contributed by atoms with Crippen LogP contribution in [-0.4, -0.2) is 38.0 Å². The summed E-state index contributed by atoms with van der Waals surface area (Å²) in [6, 6.07) is 6.08. The van der Waals surface area contributed by atoms with Crippen molar-refractivity contribution in [3.05, 3.63) is 28.6 Å². The van der Waals surface area contributed by atoms with E-state index in [0.717, 1.165) is 22.2 Å². The Balaban J connectivity index is 2.20. The zero-order chi connectivity index (χ0) is 14.0. The van der Waals surface area contributed by atoms with E-state index in [0.29, 0.717) is 17.1 Å². The first-order valence-corrected chi connectivity index (χ1v) is 7.02. The first kappa shape index (κ1) is 13.8. The maximum absolute atomic E-state index is 12.1. The Morgan fingerprint density at radius 2 is 2.16 bits per heavy atom. The van der Waals surface area contributed by atoms with Gasteiger partial charge in [0.2, 0.25) is 0 Å². The van der Waals surface area contributed by atoms with Gasteiger partial charge in [-0.1, -0.05) is 11.6 Å². The highest BCUT2D eigenvalue weighted by atomic mass is 32.1. The average Bonchev–Trinajstić information content (AvgIpc) is 2.66. The number of aryl methyl sites for hydroxylation is 1. The minimum Gasteiger partial charge on any atom is -0.397 e. The van der Waals surface area contributed by atoms with Gasteiger partial charge in [-0.2, -0.15) is 0 Å². The zero-order valence-electron chi connectivity index (χ0n) is 11.5. The van der Waals surface area contributed by atoms with Gasteiger partial charge >= 0.3 is 0 Å². The molecule has 4 nitrogen and oxygen atoms in total. The van der Waals surface area contributed by atoms with Crippen molar-refractivity contribution in [3.8, 4) is 0 Å². The van der Waals surface area contributed by atoms with Crippen LogP contribution in [0.1, 0.15) is 15.2 Å². The van der Waals surface area contributed by atoms with Crippen molar-refractivity contribution in [1.29, 1.82) is 0 Å². The van der Waals surface area contributed by atoms with E-state index in [1.54, 1.807) is 0 Å². The molecule has 0 bridgehead atoms. The number of rotatable bonds is 4. The Hall–Kier alpha value is -1.59. The quantitative estimate of drug-likeness (QED) is 0.899. The van der Waals surface area contributed by atoms with Crippen LogP contribution in [0.4, 0.5) is 5.69 Å². The fraction of sp³-hybridized carbons (Fsp3) is 0.357. The van der Waals surface area contributed by atoms with E-state index in [9.17, 15) is 4.79 Å². The summed E-state index contributed by atoms with van der Waals surface area (Å²) in [7, 11) is 3.95. The average molecular weight is 277 g/mol. The van der Waals surface area contributed by atoms with Crippen LogP contribution >= 0.6 is 11.3 Å². The molecule has 0 atom stereocenters. The van der Waals surface area contributed by atoms with Gasteiger partial charge in [0.1, 0.15) is 4.88 Å². The number of nitrogens with two attached hydrogens (primary N) is 1. The predicted octanol–water partition coefficient (Wildman–Crippen LogP) is 2.08. The minimum absolute atomic E-state index is 0.0850. The van der Waals surface area contributed by atoms with E-state index in [1.807, 2.05) is 44.1 Å². The van der Waals surface area contributed by atoms with Gasteiger partial charge < -0.3 is 16.0 Å². The Morgan fingerprint density at radius 3 is 2.84 bits per heavy atom. The Labute approximate surface area is 117 Å². The normalized spacial score (nSPS) is 11.2. The van der Waals surface area contributed by atoms with Gasteiger partial charge in [-0.15, -0.1) is 11.3 Å². The molecule has 0 spiro atoms. The van der Waals surface area contributed by atoms with Crippen LogP contribution < -0.4 is 11.1 Å². The number of thiophene rings is 1. The standard InChI is InChI=1S/C14H19N3OS/c1-9-4-5-11-10(8-9)12(15)13(19-11)14(18)16-6-7-17(2)3/h4-5,8H,6-7,15H2,1-3H3,(H,16,18). The second kappa shape index (κ2) is 5.59. The van der Waals surface area contributed by atoms with Gasteiger partial charge in [-0.25, -0.2) is 0 Å². The largest absolute Gasteiger partial charge is 0.397 e. The van der Waals surface area contributed by atoms with Crippen LogP contribution in [0.25, 0.3) is 10.1 Å². The fourth-order valence-electron chi connectivity index (χ4n) is 1.87. The summed E-state index contributed by atoms with van der Waals surface area (Å²) in [5.74, 6) is -0.0850. The van der Waals surface area contributed by atoms with Crippen molar-refractivity contribution in [3.63, 3.8) is 0 Å². The second-order valence-electron chi connectivity index (χ2n) is 4.90. The molecule has 2 rings (SSSR count). The third kappa shape index (κ3) is 3.05. The molecule has 0 fully saturated rings. The SMILES string of the molecule is Cc1ccc2sc(C(=O)NCCN(C)C)c(N)c2c1. The third-order valence-corrected chi connectivity index (χ3v) is 4.12. The van der Waals surface area contributed by atoms with Crippen molar-refractivity contribution in [2.24, 2.45) is 0 Å². The fourth-order valence-corrected chi connectivity index (χ4v) is 2.89. The number of hydrogen-bond donors (Lipinski definition) is 2. The van der Waals surface area contributed by atoms with E-state index < -0.39 is 0 Å². The number of carbonyl (C=O) groups excluding carboxylic acids is 1. The van der Waals surface area contributed by atoms with E-state index >= 15 is 0 Å². The number of fused-ring (bicyclic) bond motifs is 1. The molecule has 0 saturated heterocycles. The molecule has 0 unspecified atom stereocenters. The molecule has 2 aromatic rings. The third-order valence-electron chi connectivity index (χ3n) is 2.93. The number of likely N-dealkylation sites (N-methyl/N-ethyl adjacent to an activating group) is 1. The minimum atomic E-state index is -0.0850. The van der Waals surface area contributed by atoms with E-state index in [4.69, 9.17) is 5.73 Å². The first-order chi connectivity index (χ1) is 8.99. The summed E-state index contributed by atoms with van der Waals surface area (Å²) >= 11 is 1.45. The topological polar surface area (TPSA) is 58.4 Å². The molecular formula is C14H19N3OS. The summed E-state index contributed by atoms with van der Waals surface area (Å²) in [4.78, 5) is 14.7. The lowest BCUT2D eigenvalue weighted by atomic mass is 10.1. The maximum atomic E-state index is 12.1. The molecule has 0 aliphatic carbocycles. The summed E-state index contributed by atoms with van der Waals surface area (Å²) in [6.07, 6.45) is 0. The molecule has 1 amide bonds. The smallest absolute Gasteiger partial charge is 0.263 e. The van der Waals surface area contributed by atoms with Crippen LogP contribution in [0.5, 0.6) is 0 Å². The molecule has 0 radical (unpaired) electrons. The Kier molecular flexibility index (Phi) is 4.07. The van der Waals surface area contributed by atoms with E-state index in [-0.39, 0.29) is 5.91 Å². The van der Waals surface area contributed by atoms with Crippen LogP contribution in [0, 0.1) is 6.92 Å². The lowest BCUT2D eigenvalue weighted by Crippen LogP contribution is -2.31. The summed E-state index contributed by atoms with van der Waals surface area (Å²) < 4.78 is 1.06. The first-order valence-electron chi connectivity index (χ1n) is 6.20. The van der Waals surface area contributed by atoms with Crippen molar-refractivity contribution in [2.45, 2.75) is 6.92 Å². The lowest BCUT2D eigenvalue weighted by Gasteiger charge is -2.09. The van der Waals surface area contributed by atoms with Crippen molar-refractivity contribution in [1.82, 2.24) is 10.2 Å². The highest BCUT2D eigenvalue weighted by Crippen LogP contribution is 2.33. The zero-order valence-corrected chi connectivity index (χ0v) is 12.3. The van der Waals surface area contributed by atoms with Crippen molar-refractivity contribution in [2.75, 3.05) is 32.9 Å². The van der Waals surface area contributed by atoms with Crippen molar-refractivity contribution >= 4 is 33.0 Å². The van der Waals surface area contributed by atoms with E-state index in [2.05, 4.69) is 5.32 Å². The summed E-state index contributed by atoms with van der Waals surface area (Å²) in [5.41, 5.74) is 7.82. The van der Waals surface area contributed by atoms with Crippen molar-refractivity contribution < 1.29 is 4.79 Å². The maximum Gasteiger partial charge on any atom is 0.263 e. The molecule has 1 aromatic heterocycles. The van der Waals surface area contributed by atoms with E-state index in [1.165, 1.54) is 11.3 Å². The number of nitrogens with zero attached hydrogens (tertiary/aromatic N) is 1. The highest BCUT2D eigenvalue weighted by Gasteiger charge is 2.15. The molecule has 1 heterocycles. The molecular weight excluding hydrogens is 258 g/mol. The number of nitrogens with one attached hydrogen (secondary N) is 1. The van der Waals surface area contributed by atoms with Crippen LogP contribution in [0.3, 0.4) is 0 Å². The van der Waals surface area contributed by atoms with Gasteiger partial charge in [-0.05, 0) is 33.2 Å². The van der Waals surface area contributed by atoms with Gasteiger partial charge in [0.15, 0.2) is 0 Å². The molecule has 1 aromatic carbocycles. The van der Waals surface area contributed by atoms with Gasteiger partial charge in [-0.3, -0.25) is 4.79 Å². The number of nitrogen functional groups attached to an aromatic ring is 1. The highest BCUT2D eigenvalue weighted by molar-refractivity contribution is 7.21. The molecule has 19 heavy (non-hydrogen) atoms. The van der Waals surface area contributed by atoms with Gasteiger partial charge in [0, 0.05) is 23.2 Å². The number of hydrogen-bond acceptors (Lipinski definition) is 4. The lowest BCUT2D eigenvalue weighted by molar-refractivity contribution is 0.0956. The predicted molar refractivity (Wildman–Crippen MR) is 81.9 cm³/mol. The monoisotopic (exact) mass is 277 g/mol. The van der Waals surface area contributed by atoms with Crippen LogP contribution in [0.2, 0.25) is 0 Å². The Morgan fingerprint density at radius 1 is 1.42 bits per heavy atom. The number of benzene rings is 1. The molecule has 102 valence electrons. The number of anilines is 1. The van der Waals surface area contributed by atoms with Gasteiger partial charge in [0.25, 0.3) is 5.91 Å². The molecule has 5 heteroatoms. The Bertz CT molecular complexity index is 604. The number of carbonyl (C=O) groups is 1. The molecule has 3 N–H and O–H groups in total. The summed E-state index contributed by atoms with van der Waals surface area (Å²) in [5, 5.41) is 3.87. The van der Waals surface area contributed by atoms with Gasteiger partial charge in [0.05, 0.1) is 5.69 Å².